The van der Waals surface area contributed by atoms with E-state index in [4.69, 9.17) is 0 Å². The maximum atomic E-state index is 12.3. The van der Waals surface area contributed by atoms with Crippen LogP contribution in [0.25, 0.3) is 0 Å². The summed E-state index contributed by atoms with van der Waals surface area (Å²) in [6.07, 6.45) is 1.59. The van der Waals surface area contributed by atoms with Crippen LogP contribution in [0.2, 0.25) is 0 Å². The van der Waals surface area contributed by atoms with Crippen LogP contribution in [-0.2, 0) is 11.8 Å². The minimum atomic E-state index is -1.14. The summed E-state index contributed by atoms with van der Waals surface area (Å²) in [4.78, 5) is 40.5. The Hall–Kier alpha value is -2.48. The Kier molecular flexibility index (Phi) is 4.14. The van der Waals surface area contributed by atoms with Gasteiger partial charge in [-0.15, -0.1) is 11.3 Å². The molecule has 0 aliphatic rings. The molecule has 0 fully saturated rings. The van der Waals surface area contributed by atoms with Gasteiger partial charge in [-0.3, -0.25) is 14.9 Å². The van der Waals surface area contributed by atoms with E-state index in [1.54, 1.807) is 20.2 Å². The molecule has 7 nitrogen and oxygen atoms in total. The number of amides is 1. The normalized spacial score (nSPS) is 10.5. The molecule has 2 N–H and O–H groups in total. The van der Waals surface area contributed by atoms with Crippen molar-refractivity contribution >= 4 is 34.1 Å². The highest BCUT2D eigenvalue weighted by Crippen LogP contribution is 2.23. The van der Waals surface area contributed by atoms with Crippen LogP contribution in [-0.4, -0.2) is 32.3 Å². The van der Waals surface area contributed by atoms with Gasteiger partial charge >= 0.3 is 5.97 Å². The molecule has 2 aromatic heterocycles. The van der Waals surface area contributed by atoms with Gasteiger partial charge < -0.3 is 9.67 Å². The van der Waals surface area contributed by atoms with E-state index >= 15 is 0 Å². The number of carbonyl (C=O) groups excluding carboxylic acids is 2. The van der Waals surface area contributed by atoms with E-state index in [0.717, 1.165) is 4.88 Å². The summed E-state index contributed by atoms with van der Waals surface area (Å²) in [5, 5.41) is 12.0. The van der Waals surface area contributed by atoms with Gasteiger partial charge in [0.2, 0.25) is 0 Å². The van der Waals surface area contributed by atoms with Gasteiger partial charge in [-0.25, -0.2) is 9.78 Å². The topological polar surface area (TPSA) is 101 Å². The number of Topliss-reactive ketones (excluding diaryl/α,β-unsaturated/α-hetero) is 1. The molecule has 0 saturated carbocycles. The zero-order valence-corrected chi connectivity index (χ0v) is 13.4. The molecule has 0 aliphatic heterocycles. The number of thiazole rings is 1. The van der Waals surface area contributed by atoms with Gasteiger partial charge in [-0.1, -0.05) is 0 Å². The molecule has 0 unspecified atom stereocenters. The van der Waals surface area contributed by atoms with Crippen LogP contribution in [0.15, 0.2) is 6.20 Å². The number of carboxylic acid groups (broad SMARTS) is 1. The molecule has 0 radical (unpaired) electrons. The maximum Gasteiger partial charge on any atom is 0.352 e. The van der Waals surface area contributed by atoms with Gasteiger partial charge in [0.25, 0.3) is 11.7 Å². The van der Waals surface area contributed by atoms with Gasteiger partial charge in [-0.2, -0.15) is 0 Å². The van der Waals surface area contributed by atoms with Gasteiger partial charge in [-0.05, 0) is 26.3 Å². The molecule has 2 rings (SSSR count). The number of aryl methyl sites for hydroxylation is 1. The summed E-state index contributed by atoms with van der Waals surface area (Å²) >= 11 is 1.26. The number of nitrogens with one attached hydrogen (secondary N) is 1. The van der Waals surface area contributed by atoms with E-state index in [1.165, 1.54) is 22.8 Å². The van der Waals surface area contributed by atoms with Crippen molar-refractivity contribution in [1.82, 2.24) is 9.55 Å². The maximum absolute atomic E-state index is 12.3. The molecular weight excluding hydrogens is 306 g/mol. The molecule has 1 amide bonds. The molecule has 0 aromatic carbocycles. The largest absolute Gasteiger partial charge is 0.477 e. The Morgan fingerprint density at radius 2 is 1.91 bits per heavy atom. The Labute approximate surface area is 130 Å². The van der Waals surface area contributed by atoms with Crippen molar-refractivity contribution in [3.63, 3.8) is 0 Å². The highest BCUT2D eigenvalue weighted by molar-refractivity contribution is 7.15. The van der Waals surface area contributed by atoms with E-state index in [-0.39, 0.29) is 16.8 Å². The molecule has 0 spiro atoms. The number of aromatic carboxylic acids is 1. The van der Waals surface area contributed by atoms with Crippen LogP contribution < -0.4 is 5.32 Å². The van der Waals surface area contributed by atoms with Crippen LogP contribution in [0.3, 0.4) is 0 Å². The average Bonchev–Trinajstić information content (AvgIpc) is 2.92. The van der Waals surface area contributed by atoms with E-state index < -0.39 is 17.7 Å². The second-order valence-corrected chi connectivity index (χ2v) is 6.09. The first-order valence-corrected chi connectivity index (χ1v) is 7.23. The molecule has 0 aliphatic carbocycles. The second-order valence-electron chi connectivity index (χ2n) is 4.86. The monoisotopic (exact) mass is 321 g/mol. The summed E-state index contributed by atoms with van der Waals surface area (Å²) in [5.41, 5.74) is 0.831. The molecule has 8 heteroatoms. The van der Waals surface area contributed by atoms with Crippen LogP contribution in [0.5, 0.6) is 0 Å². The van der Waals surface area contributed by atoms with Crippen LogP contribution >= 0.6 is 11.3 Å². The average molecular weight is 321 g/mol. The van der Waals surface area contributed by atoms with Crippen LogP contribution in [0.4, 0.5) is 5.13 Å². The lowest BCUT2D eigenvalue weighted by atomic mass is 10.1. The lowest BCUT2D eigenvalue weighted by Gasteiger charge is -2.02. The van der Waals surface area contributed by atoms with E-state index in [0.29, 0.717) is 10.8 Å². The highest BCUT2D eigenvalue weighted by Gasteiger charge is 2.28. The molecule has 0 saturated heterocycles. The van der Waals surface area contributed by atoms with Gasteiger partial charge in [0.1, 0.15) is 5.69 Å². The summed E-state index contributed by atoms with van der Waals surface area (Å²) in [5.74, 6) is -2.74. The highest BCUT2D eigenvalue weighted by atomic mass is 32.1. The molecule has 2 heterocycles. The fourth-order valence-corrected chi connectivity index (χ4v) is 2.95. The fourth-order valence-electron chi connectivity index (χ4n) is 2.30. The number of ketones is 1. The first kappa shape index (κ1) is 15.9. The Morgan fingerprint density at radius 1 is 1.27 bits per heavy atom. The molecule has 116 valence electrons. The third kappa shape index (κ3) is 2.64. The van der Waals surface area contributed by atoms with E-state index in [1.807, 2.05) is 6.92 Å². The summed E-state index contributed by atoms with van der Waals surface area (Å²) < 4.78 is 1.39. The second kappa shape index (κ2) is 5.72. The number of hydrogen-bond acceptors (Lipinski definition) is 5. The van der Waals surface area contributed by atoms with Crippen molar-refractivity contribution in [2.45, 2.75) is 20.8 Å². The number of nitrogens with zero attached hydrogens (tertiary/aromatic N) is 2. The fraction of sp³-hybridized carbons (Fsp3) is 0.286. The van der Waals surface area contributed by atoms with Crippen molar-refractivity contribution < 1.29 is 19.5 Å². The van der Waals surface area contributed by atoms with Crippen molar-refractivity contribution in [1.29, 1.82) is 0 Å². The zero-order chi connectivity index (χ0) is 16.6. The molecule has 0 bridgehead atoms. The van der Waals surface area contributed by atoms with Crippen molar-refractivity contribution in [3.8, 4) is 0 Å². The number of anilines is 1. The quantitative estimate of drug-likeness (QED) is 0.662. The minimum absolute atomic E-state index is 0.00116. The zero-order valence-electron chi connectivity index (χ0n) is 12.6. The predicted molar refractivity (Wildman–Crippen MR) is 81.7 cm³/mol. The third-order valence-electron chi connectivity index (χ3n) is 3.41. The minimum Gasteiger partial charge on any atom is -0.477 e. The number of rotatable bonds is 4. The first-order chi connectivity index (χ1) is 10.2. The molecule has 0 atom stereocenters. The third-order valence-corrected chi connectivity index (χ3v) is 4.24. The number of carbonyl (C=O) groups is 3. The predicted octanol–water partition coefficient (Wildman–Crippen LogP) is 1.93. The van der Waals surface area contributed by atoms with Crippen molar-refractivity contribution in [2.75, 3.05) is 5.32 Å². The lowest BCUT2D eigenvalue weighted by molar-refractivity contribution is -0.112. The van der Waals surface area contributed by atoms with Gasteiger partial charge in [0.05, 0.1) is 5.56 Å². The molecular formula is C14H15N3O4S. The van der Waals surface area contributed by atoms with E-state index in [9.17, 15) is 19.5 Å². The Bertz CT molecular complexity index is 788. The van der Waals surface area contributed by atoms with Crippen molar-refractivity contribution in [3.05, 3.63) is 33.6 Å². The standard InChI is InChI=1S/C14H15N3O4S/c1-6-5-15-14(22-6)16-12(19)11(18)9-7(2)10(13(20)21)17(4)8(9)3/h5H,1-4H3,(H,20,21)(H,15,16,19). The van der Waals surface area contributed by atoms with Gasteiger partial charge in [0.15, 0.2) is 5.13 Å². The van der Waals surface area contributed by atoms with Gasteiger partial charge in [0, 0.05) is 23.8 Å². The lowest BCUT2D eigenvalue weighted by Crippen LogP contribution is -2.23. The number of carboxylic acids is 1. The van der Waals surface area contributed by atoms with Crippen molar-refractivity contribution in [2.24, 2.45) is 7.05 Å². The van der Waals surface area contributed by atoms with Crippen LogP contribution in [0, 0.1) is 20.8 Å². The number of hydrogen-bond donors (Lipinski definition) is 2. The first-order valence-electron chi connectivity index (χ1n) is 6.41. The van der Waals surface area contributed by atoms with E-state index in [2.05, 4.69) is 10.3 Å². The molecule has 2 aromatic rings. The number of aromatic nitrogens is 2. The smallest absolute Gasteiger partial charge is 0.352 e. The summed E-state index contributed by atoms with van der Waals surface area (Å²) in [6, 6.07) is 0. The summed E-state index contributed by atoms with van der Waals surface area (Å²) in [6.45, 7) is 4.96. The summed E-state index contributed by atoms with van der Waals surface area (Å²) in [7, 11) is 1.55. The van der Waals surface area contributed by atoms with Crippen LogP contribution in [0.1, 0.15) is 37.0 Å². The molecule has 22 heavy (non-hydrogen) atoms. The SMILES string of the molecule is Cc1cnc(NC(=O)C(=O)c2c(C)c(C(=O)O)n(C)c2C)s1. The Balaban J connectivity index is 2.35. The Morgan fingerprint density at radius 3 is 2.36 bits per heavy atom.